The molecule has 0 saturated heterocycles. The molecule has 0 fully saturated rings. The van der Waals surface area contributed by atoms with Gasteiger partial charge in [0.05, 0.1) is 11.5 Å². The Kier molecular flexibility index (Phi) is 4.11. The Morgan fingerprint density at radius 3 is 2.32 bits per heavy atom. The zero-order valence-corrected chi connectivity index (χ0v) is 12.2. The fourth-order valence-electron chi connectivity index (χ4n) is 2.41. The zero-order valence-electron chi connectivity index (χ0n) is 12.2. The van der Waals surface area contributed by atoms with Gasteiger partial charge in [0.2, 0.25) is 6.54 Å². The minimum atomic E-state index is -0.818. The standard InChI is InChI=1S/C14H16N4O4/c1-16-12(15)11(13(19)17(2)14(16)20)10(8-18(21)22)9-6-4-3-5-7-9/h3-7,10H,8,15H2,1-2H3. The van der Waals surface area contributed by atoms with Crippen molar-refractivity contribution >= 4 is 5.82 Å². The number of nitrogen functional groups attached to an aromatic ring is 1. The zero-order chi connectivity index (χ0) is 16.4. The molecule has 2 N–H and O–H groups in total. The average molecular weight is 304 g/mol. The van der Waals surface area contributed by atoms with E-state index in [0.717, 1.165) is 9.13 Å². The summed E-state index contributed by atoms with van der Waals surface area (Å²) in [6, 6.07) is 8.61. The van der Waals surface area contributed by atoms with Crippen LogP contribution >= 0.6 is 0 Å². The molecular weight excluding hydrogens is 288 g/mol. The van der Waals surface area contributed by atoms with E-state index >= 15 is 0 Å². The van der Waals surface area contributed by atoms with Crippen molar-refractivity contribution < 1.29 is 4.92 Å². The molecule has 8 heteroatoms. The van der Waals surface area contributed by atoms with E-state index in [-0.39, 0.29) is 11.4 Å². The van der Waals surface area contributed by atoms with Crippen LogP contribution in [0.2, 0.25) is 0 Å². The number of aromatic nitrogens is 2. The van der Waals surface area contributed by atoms with E-state index in [1.807, 2.05) is 0 Å². The van der Waals surface area contributed by atoms with Crippen molar-refractivity contribution in [3.8, 4) is 0 Å². The summed E-state index contributed by atoms with van der Waals surface area (Å²) < 4.78 is 2.02. The second-order valence-corrected chi connectivity index (χ2v) is 4.98. The highest BCUT2D eigenvalue weighted by Crippen LogP contribution is 2.25. The quantitative estimate of drug-likeness (QED) is 0.634. The molecule has 116 valence electrons. The summed E-state index contributed by atoms with van der Waals surface area (Å²) in [6.45, 7) is -0.484. The van der Waals surface area contributed by atoms with Crippen LogP contribution in [0.15, 0.2) is 39.9 Å². The highest BCUT2D eigenvalue weighted by molar-refractivity contribution is 5.45. The Morgan fingerprint density at radius 1 is 1.18 bits per heavy atom. The lowest BCUT2D eigenvalue weighted by Crippen LogP contribution is -2.42. The smallest absolute Gasteiger partial charge is 0.332 e. The second-order valence-electron chi connectivity index (χ2n) is 4.98. The van der Waals surface area contributed by atoms with E-state index < -0.39 is 28.6 Å². The van der Waals surface area contributed by atoms with Gasteiger partial charge in [-0.2, -0.15) is 0 Å². The average Bonchev–Trinajstić information content (AvgIpc) is 2.50. The molecule has 0 saturated carbocycles. The summed E-state index contributed by atoms with van der Waals surface area (Å²) in [5.41, 5.74) is 5.37. The third kappa shape index (κ3) is 2.62. The summed E-state index contributed by atoms with van der Waals surface area (Å²) >= 11 is 0. The summed E-state index contributed by atoms with van der Waals surface area (Å²) in [5, 5.41) is 11.0. The van der Waals surface area contributed by atoms with Crippen molar-refractivity contribution in [2.24, 2.45) is 14.1 Å². The van der Waals surface area contributed by atoms with Gasteiger partial charge in [-0.15, -0.1) is 0 Å². The number of hydrogen-bond donors (Lipinski definition) is 1. The van der Waals surface area contributed by atoms with Crippen LogP contribution in [-0.2, 0) is 14.1 Å². The van der Waals surface area contributed by atoms with E-state index in [4.69, 9.17) is 5.73 Å². The number of rotatable bonds is 4. The van der Waals surface area contributed by atoms with Crippen molar-refractivity contribution in [1.29, 1.82) is 0 Å². The van der Waals surface area contributed by atoms with Gasteiger partial charge >= 0.3 is 5.69 Å². The Morgan fingerprint density at radius 2 is 1.77 bits per heavy atom. The van der Waals surface area contributed by atoms with Gasteiger partial charge in [-0.25, -0.2) is 4.79 Å². The van der Waals surface area contributed by atoms with E-state index in [0.29, 0.717) is 5.56 Å². The third-order valence-corrected chi connectivity index (χ3v) is 3.63. The first-order chi connectivity index (χ1) is 10.3. The predicted octanol–water partition coefficient (Wildman–Crippen LogP) is 0.0748. The van der Waals surface area contributed by atoms with Crippen LogP contribution in [0.3, 0.4) is 0 Å². The molecule has 1 heterocycles. The lowest BCUT2D eigenvalue weighted by atomic mass is 9.92. The first kappa shape index (κ1) is 15.5. The van der Waals surface area contributed by atoms with Gasteiger partial charge in [0.15, 0.2) is 0 Å². The molecule has 1 aromatic heterocycles. The molecule has 0 aliphatic heterocycles. The van der Waals surface area contributed by atoms with Gasteiger partial charge < -0.3 is 5.73 Å². The van der Waals surface area contributed by atoms with E-state index in [9.17, 15) is 19.7 Å². The molecule has 0 spiro atoms. The van der Waals surface area contributed by atoms with Gasteiger partial charge in [0.25, 0.3) is 5.56 Å². The normalized spacial score (nSPS) is 12.1. The lowest BCUT2D eigenvalue weighted by Gasteiger charge is -2.18. The summed E-state index contributed by atoms with van der Waals surface area (Å²) in [6.07, 6.45) is 0. The first-order valence-corrected chi connectivity index (χ1v) is 6.56. The number of hydrogen-bond acceptors (Lipinski definition) is 5. The molecule has 2 aromatic rings. The highest BCUT2D eigenvalue weighted by atomic mass is 16.6. The maximum atomic E-state index is 12.4. The molecule has 0 aliphatic rings. The van der Waals surface area contributed by atoms with Gasteiger partial charge in [0, 0.05) is 19.0 Å². The Labute approximate surface area is 125 Å². The Bertz CT molecular complexity index is 823. The fourth-order valence-corrected chi connectivity index (χ4v) is 2.41. The number of nitrogens with zero attached hydrogens (tertiary/aromatic N) is 3. The summed E-state index contributed by atoms with van der Waals surface area (Å²) in [7, 11) is 2.75. The van der Waals surface area contributed by atoms with Crippen LogP contribution < -0.4 is 17.0 Å². The molecule has 1 aromatic carbocycles. The number of nitro groups is 1. The van der Waals surface area contributed by atoms with Crippen molar-refractivity contribution in [1.82, 2.24) is 9.13 Å². The number of anilines is 1. The maximum Gasteiger partial charge on any atom is 0.332 e. The molecule has 8 nitrogen and oxygen atoms in total. The van der Waals surface area contributed by atoms with Gasteiger partial charge in [-0.3, -0.25) is 24.0 Å². The van der Waals surface area contributed by atoms with E-state index in [1.165, 1.54) is 14.1 Å². The topological polar surface area (TPSA) is 113 Å². The number of benzene rings is 1. The molecule has 0 radical (unpaired) electrons. The SMILES string of the molecule is Cn1c(N)c(C(C[N+](=O)[O-])c2ccccc2)c(=O)n(C)c1=O. The lowest BCUT2D eigenvalue weighted by molar-refractivity contribution is -0.481. The molecule has 22 heavy (non-hydrogen) atoms. The van der Waals surface area contributed by atoms with E-state index in [1.54, 1.807) is 30.3 Å². The van der Waals surface area contributed by atoms with Crippen molar-refractivity contribution in [2.75, 3.05) is 12.3 Å². The third-order valence-electron chi connectivity index (χ3n) is 3.63. The van der Waals surface area contributed by atoms with Crippen LogP contribution in [0.1, 0.15) is 17.0 Å². The van der Waals surface area contributed by atoms with Crippen LogP contribution in [0.25, 0.3) is 0 Å². The van der Waals surface area contributed by atoms with Gasteiger partial charge in [0.1, 0.15) is 5.82 Å². The van der Waals surface area contributed by atoms with Crippen LogP contribution in [0.5, 0.6) is 0 Å². The molecule has 2 rings (SSSR count). The molecule has 1 atom stereocenters. The highest BCUT2D eigenvalue weighted by Gasteiger charge is 2.27. The van der Waals surface area contributed by atoms with Gasteiger partial charge in [-0.1, -0.05) is 30.3 Å². The van der Waals surface area contributed by atoms with Crippen molar-refractivity contribution in [3.05, 3.63) is 72.4 Å². The maximum absolute atomic E-state index is 12.4. The van der Waals surface area contributed by atoms with Crippen LogP contribution in [0.4, 0.5) is 5.82 Å². The number of nitrogens with two attached hydrogens (primary N) is 1. The van der Waals surface area contributed by atoms with Crippen LogP contribution in [0, 0.1) is 10.1 Å². The first-order valence-electron chi connectivity index (χ1n) is 6.56. The fraction of sp³-hybridized carbons (Fsp3) is 0.286. The minimum Gasteiger partial charge on any atom is -0.385 e. The minimum absolute atomic E-state index is 0.0520. The predicted molar refractivity (Wildman–Crippen MR) is 81.5 cm³/mol. The van der Waals surface area contributed by atoms with Crippen LogP contribution in [-0.4, -0.2) is 20.6 Å². The second kappa shape index (κ2) is 5.84. The van der Waals surface area contributed by atoms with Crippen molar-refractivity contribution in [3.63, 3.8) is 0 Å². The largest absolute Gasteiger partial charge is 0.385 e. The Balaban J connectivity index is 2.76. The van der Waals surface area contributed by atoms with E-state index in [2.05, 4.69) is 0 Å². The molecule has 0 aliphatic carbocycles. The molecule has 0 amide bonds. The summed E-state index contributed by atoms with van der Waals surface area (Å²) in [5.74, 6) is -0.870. The van der Waals surface area contributed by atoms with Gasteiger partial charge in [-0.05, 0) is 5.56 Å². The molecule has 0 bridgehead atoms. The monoisotopic (exact) mass is 304 g/mol. The Hall–Kier alpha value is -2.90. The summed E-state index contributed by atoms with van der Waals surface area (Å²) in [4.78, 5) is 34.8. The molecule has 1 unspecified atom stereocenters. The van der Waals surface area contributed by atoms with Crippen molar-refractivity contribution in [2.45, 2.75) is 5.92 Å². The molecular formula is C14H16N4O4.